The standard InChI is InChI=1S/C18H25N3O3/c1-24-15-10-8-14(9-11-15)20-18(23)21-12-4-7-16(21)17(22)19-13-5-2-3-6-13/h8-11,13,16H,2-7,12H2,1H3,(H,19,22)(H,20,23)/t16-/m0/s1. The third-order valence-electron chi connectivity index (χ3n) is 4.86. The predicted octanol–water partition coefficient (Wildman–Crippen LogP) is 2.75. The zero-order chi connectivity index (χ0) is 16.9. The van der Waals surface area contributed by atoms with Crippen molar-refractivity contribution in [2.75, 3.05) is 19.0 Å². The third-order valence-corrected chi connectivity index (χ3v) is 4.86. The first kappa shape index (κ1) is 16.6. The lowest BCUT2D eigenvalue weighted by molar-refractivity contribution is -0.125. The Bertz CT molecular complexity index is 582. The summed E-state index contributed by atoms with van der Waals surface area (Å²) in [7, 11) is 1.60. The average Bonchev–Trinajstić information content (AvgIpc) is 3.27. The Morgan fingerprint density at radius 2 is 1.79 bits per heavy atom. The van der Waals surface area contributed by atoms with Gasteiger partial charge in [0, 0.05) is 18.3 Å². The number of carbonyl (C=O) groups excluding carboxylic acids is 2. The number of ether oxygens (including phenoxy) is 1. The van der Waals surface area contributed by atoms with E-state index in [-0.39, 0.29) is 24.0 Å². The van der Waals surface area contributed by atoms with E-state index in [1.54, 1.807) is 36.3 Å². The number of methoxy groups -OCH3 is 1. The highest BCUT2D eigenvalue weighted by Gasteiger charge is 2.35. The highest BCUT2D eigenvalue weighted by Crippen LogP contribution is 2.22. The van der Waals surface area contributed by atoms with Gasteiger partial charge in [0.05, 0.1) is 7.11 Å². The number of likely N-dealkylation sites (tertiary alicyclic amines) is 1. The van der Waals surface area contributed by atoms with Gasteiger partial charge in [0.2, 0.25) is 5.91 Å². The van der Waals surface area contributed by atoms with E-state index in [0.717, 1.165) is 31.4 Å². The van der Waals surface area contributed by atoms with Gasteiger partial charge in [-0.15, -0.1) is 0 Å². The van der Waals surface area contributed by atoms with Gasteiger partial charge in [-0.25, -0.2) is 4.79 Å². The molecule has 1 aromatic carbocycles. The van der Waals surface area contributed by atoms with Crippen molar-refractivity contribution in [3.8, 4) is 5.75 Å². The number of anilines is 1. The number of rotatable bonds is 4. The van der Waals surface area contributed by atoms with Crippen LogP contribution in [-0.2, 0) is 4.79 Å². The van der Waals surface area contributed by atoms with Crippen LogP contribution < -0.4 is 15.4 Å². The molecule has 1 atom stereocenters. The van der Waals surface area contributed by atoms with Crippen molar-refractivity contribution < 1.29 is 14.3 Å². The summed E-state index contributed by atoms with van der Waals surface area (Å²) < 4.78 is 5.11. The average molecular weight is 331 g/mol. The van der Waals surface area contributed by atoms with Crippen LogP contribution in [0.25, 0.3) is 0 Å². The van der Waals surface area contributed by atoms with E-state index in [9.17, 15) is 9.59 Å². The summed E-state index contributed by atoms with van der Waals surface area (Å²) in [4.78, 5) is 26.7. The normalized spacial score (nSPS) is 20.9. The molecule has 0 spiro atoms. The molecule has 1 aromatic rings. The largest absolute Gasteiger partial charge is 0.497 e. The monoisotopic (exact) mass is 331 g/mol. The van der Waals surface area contributed by atoms with E-state index in [2.05, 4.69) is 10.6 Å². The number of carbonyl (C=O) groups is 2. The molecule has 1 aliphatic carbocycles. The maximum atomic E-state index is 12.5. The van der Waals surface area contributed by atoms with Crippen LogP contribution in [-0.4, -0.2) is 42.6 Å². The Balaban J connectivity index is 1.58. The van der Waals surface area contributed by atoms with Crippen LogP contribution in [0.15, 0.2) is 24.3 Å². The molecule has 1 aliphatic heterocycles. The van der Waals surface area contributed by atoms with Gasteiger partial charge < -0.3 is 20.3 Å². The Hall–Kier alpha value is -2.24. The van der Waals surface area contributed by atoms with Gasteiger partial charge in [-0.2, -0.15) is 0 Å². The second kappa shape index (κ2) is 7.55. The molecule has 0 aromatic heterocycles. The SMILES string of the molecule is COc1ccc(NC(=O)N2CCC[C@H]2C(=O)NC2CCCC2)cc1. The van der Waals surface area contributed by atoms with Crippen LogP contribution in [0.4, 0.5) is 10.5 Å². The molecule has 0 unspecified atom stereocenters. The summed E-state index contributed by atoms with van der Waals surface area (Å²) in [5.41, 5.74) is 0.697. The van der Waals surface area contributed by atoms with Gasteiger partial charge in [0.25, 0.3) is 0 Å². The summed E-state index contributed by atoms with van der Waals surface area (Å²) in [6.07, 6.45) is 6.05. The number of amides is 3. The van der Waals surface area contributed by atoms with Crippen LogP contribution in [0.2, 0.25) is 0 Å². The zero-order valence-electron chi connectivity index (χ0n) is 14.1. The van der Waals surface area contributed by atoms with Crippen LogP contribution in [0.1, 0.15) is 38.5 Å². The molecular formula is C18H25N3O3. The van der Waals surface area contributed by atoms with Crippen molar-refractivity contribution in [3.05, 3.63) is 24.3 Å². The van der Waals surface area contributed by atoms with Gasteiger partial charge in [-0.3, -0.25) is 4.79 Å². The van der Waals surface area contributed by atoms with Crippen molar-refractivity contribution in [1.82, 2.24) is 10.2 Å². The van der Waals surface area contributed by atoms with E-state index in [4.69, 9.17) is 4.74 Å². The van der Waals surface area contributed by atoms with Gasteiger partial charge >= 0.3 is 6.03 Å². The molecule has 2 fully saturated rings. The highest BCUT2D eigenvalue weighted by atomic mass is 16.5. The maximum Gasteiger partial charge on any atom is 0.322 e. The van der Waals surface area contributed by atoms with Crippen molar-refractivity contribution in [1.29, 1.82) is 0 Å². The maximum absolute atomic E-state index is 12.5. The van der Waals surface area contributed by atoms with Gasteiger partial charge in [0.15, 0.2) is 0 Å². The predicted molar refractivity (Wildman–Crippen MR) is 92.1 cm³/mol. The molecule has 1 heterocycles. The van der Waals surface area contributed by atoms with E-state index in [1.165, 1.54) is 12.8 Å². The van der Waals surface area contributed by atoms with Crippen LogP contribution in [0.3, 0.4) is 0 Å². The fraction of sp³-hybridized carbons (Fsp3) is 0.556. The minimum Gasteiger partial charge on any atom is -0.497 e. The van der Waals surface area contributed by atoms with Crippen LogP contribution >= 0.6 is 0 Å². The summed E-state index contributed by atoms with van der Waals surface area (Å²) in [6, 6.07) is 6.88. The molecule has 3 rings (SSSR count). The number of hydrogen-bond acceptors (Lipinski definition) is 3. The number of benzene rings is 1. The second-order valence-electron chi connectivity index (χ2n) is 6.50. The first-order valence-electron chi connectivity index (χ1n) is 8.69. The number of nitrogens with one attached hydrogen (secondary N) is 2. The Morgan fingerprint density at radius 1 is 1.08 bits per heavy atom. The molecule has 6 nitrogen and oxygen atoms in total. The smallest absolute Gasteiger partial charge is 0.322 e. The summed E-state index contributed by atoms with van der Waals surface area (Å²) in [6.45, 7) is 0.616. The Morgan fingerprint density at radius 3 is 2.46 bits per heavy atom. The molecule has 2 aliphatic rings. The zero-order valence-corrected chi connectivity index (χ0v) is 14.1. The van der Waals surface area contributed by atoms with Crippen molar-refractivity contribution in [3.63, 3.8) is 0 Å². The molecule has 0 bridgehead atoms. The number of nitrogens with zero attached hydrogens (tertiary/aromatic N) is 1. The number of urea groups is 1. The molecule has 24 heavy (non-hydrogen) atoms. The quantitative estimate of drug-likeness (QED) is 0.891. The lowest BCUT2D eigenvalue weighted by atomic mass is 10.1. The fourth-order valence-corrected chi connectivity index (χ4v) is 3.52. The topological polar surface area (TPSA) is 70.7 Å². The summed E-state index contributed by atoms with van der Waals surface area (Å²) in [5, 5.41) is 5.97. The fourth-order valence-electron chi connectivity index (χ4n) is 3.52. The lowest BCUT2D eigenvalue weighted by Gasteiger charge is -2.25. The Kier molecular flexibility index (Phi) is 5.23. The van der Waals surface area contributed by atoms with Crippen LogP contribution in [0, 0.1) is 0 Å². The van der Waals surface area contributed by atoms with E-state index < -0.39 is 0 Å². The minimum atomic E-state index is -0.358. The van der Waals surface area contributed by atoms with E-state index in [0.29, 0.717) is 12.2 Å². The first-order chi connectivity index (χ1) is 11.7. The number of hydrogen-bond donors (Lipinski definition) is 2. The van der Waals surface area contributed by atoms with Crippen molar-refractivity contribution in [2.24, 2.45) is 0 Å². The second-order valence-corrected chi connectivity index (χ2v) is 6.50. The Labute approximate surface area is 142 Å². The van der Waals surface area contributed by atoms with Crippen molar-refractivity contribution >= 4 is 17.6 Å². The van der Waals surface area contributed by atoms with Gasteiger partial charge in [0.1, 0.15) is 11.8 Å². The molecule has 0 radical (unpaired) electrons. The van der Waals surface area contributed by atoms with Gasteiger partial charge in [-0.05, 0) is 49.9 Å². The third kappa shape index (κ3) is 3.80. The molecule has 6 heteroatoms. The first-order valence-corrected chi connectivity index (χ1v) is 8.69. The molecule has 130 valence electrons. The molecule has 1 saturated carbocycles. The molecule has 3 amide bonds. The lowest BCUT2D eigenvalue weighted by Crippen LogP contribution is -2.49. The molecule has 2 N–H and O–H groups in total. The minimum absolute atomic E-state index is 0.00993. The van der Waals surface area contributed by atoms with E-state index >= 15 is 0 Å². The molecular weight excluding hydrogens is 306 g/mol. The van der Waals surface area contributed by atoms with Crippen molar-refractivity contribution in [2.45, 2.75) is 50.6 Å². The van der Waals surface area contributed by atoms with Gasteiger partial charge in [-0.1, -0.05) is 12.8 Å². The summed E-state index contributed by atoms with van der Waals surface area (Å²) in [5.74, 6) is 0.729. The molecule has 1 saturated heterocycles. The van der Waals surface area contributed by atoms with E-state index in [1.807, 2.05) is 0 Å². The highest BCUT2D eigenvalue weighted by molar-refractivity contribution is 5.94. The van der Waals surface area contributed by atoms with Crippen LogP contribution in [0.5, 0.6) is 5.75 Å². The summed E-state index contributed by atoms with van der Waals surface area (Å²) >= 11 is 0.